The highest BCUT2D eigenvalue weighted by Gasteiger charge is 2.38. The molecule has 3 nitrogen and oxygen atoms in total. The molecule has 0 N–H and O–H groups in total. The number of thiophene rings is 1. The Kier molecular flexibility index (Phi) is 7.21. The van der Waals surface area contributed by atoms with Crippen LogP contribution >= 0.6 is 11.3 Å². The minimum absolute atomic E-state index is 0.197. The molecule has 51 heavy (non-hydrogen) atoms. The van der Waals surface area contributed by atoms with Crippen LogP contribution in [0, 0.1) is 0 Å². The molecule has 2 aliphatic carbocycles. The number of anilines is 2. The lowest BCUT2D eigenvalue weighted by Gasteiger charge is -2.30. The van der Waals surface area contributed by atoms with Crippen LogP contribution in [0.1, 0.15) is 17.9 Å². The van der Waals surface area contributed by atoms with Crippen LogP contribution in [-0.4, -0.2) is 16.0 Å². The van der Waals surface area contributed by atoms with Crippen molar-refractivity contribution in [3.8, 4) is 33.8 Å². The first kappa shape index (κ1) is 29.8. The van der Waals surface area contributed by atoms with E-state index in [1.807, 2.05) is 6.07 Å². The summed E-state index contributed by atoms with van der Waals surface area (Å²) in [4.78, 5) is 13.0. The van der Waals surface area contributed by atoms with E-state index in [1.54, 1.807) is 11.3 Å². The highest BCUT2D eigenvalue weighted by Crippen LogP contribution is 2.50. The van der Waals surface area contributed by atoms with Crippen LogP contribution in [0.25, 0.3) is 54.1 Å². The summed E-state index contributed by atoms with van der Waals surface area (Å²) in [5.74, 6) is 1.01. The molecule has 0 fully saturated rings. The fourth-order valence-electron chi connectivity index (χ4n) is 7.90. The molecular formula is C47H33N3S. The summed E-state index contributed by atoms with van der Waals surface area (Å²) < 4.78 is 2.32. The van der Waals surface area contributed by atoms with Crippen molar-refractivity contribution in [1.82, 2.24) is 9.97 Å². The van der Waals surface area contributed by atoms with E-state index in [0.717, 1.165) is 39.3 Å². The molecule has 0 amide bonds. The van der Waals surface area contributed by atoms with E-state index in [-0.39, 0.29) is 12.0 Å². The molecule has 242 valence electrons. The van der Waals surface area contributed by atoms with Crippen LogP contribution < -0.4 is 4.90 Å². The molecule has 10 rings (SSSR count). The number of hydrogen-bond donors (Lipinski definition) is 0. The lowest BCUT2D eigenvalue weighted by molar-refractivity contribution is 0.740. The molecule has 3 heterocycles. The van der Waals surface area contributed by atoms with Gasteiger partial charge in [0, 0.05) is 38.5 Å². The van der Waals surface area contributed by atoms with Gasteiger partial charge in [-0.2, -0.15) is 0 Å². The quantitative estimate of drug-likeness (QED) is 0.182. The molecule has 0 bridgehead atoms. The van der Waals surface area contributed by atoms with Gasteiger partial charge >= 0.3 is 0 Å². The van der Waals surface area contributed by atoms with Gasteiger partial charge in [0.05, 0.1) is 22.0 Å². The molecule has 0 spiro atoms. The van der Waals surface area contributed by atoms with Crippen molar-refractivity contribution in [2.45, 2.75) is 18.4 Å². The molecule has 4 heteroatoms. The van der Waals surface area contributed by atoms with Crippen molar-refractivity contribution in [2.75, 3.05) is 4.90 Å². The molecule has 1 aliphatic heterocycles. The van der Waals surface area contributed by atoms with E-state index in [2.05, 4.69) is 175 Å². The number of fused-ring (bicyclic) bond motifs is 6. The molecule has 7 aromatic rings. The van der Waals surface area contributed by atoms with Gasteiger partial charge in [-0.3, -0.25) is 0 Å². The Hall–Kier alpha value is -6.10. The standard InChI is InChI=1S/C47H33N3S/c1-2-6-16-31(15-5-1)34-27-28-41-39(30-34)38-23-11-12-25-40(38)50(41)36-22-13-21-35(29-36)37-24-14-26-42-43(37)45-46(51-42)44(32-17-7-3-8-18-32)48-47(49-45)33-19-9-4-10-20-33/h1-5,7-30,39,41H,6H2. The minimum Gasteiger partial charge on any atom is -0.333 e. The first-order valence-electron chi connectivity index (χ1n) is 17.6. The second-order valence-corrected chi connectivity index (χ2v) is 14.3. The van der Waals surface area contributed by atoms with Gasteiger partial charge in [0.1, 0.15) is 0 Å². The van der Waals surface area contributed by atoms with Crippen molar-refractivity contribution in [1.29, 1.82) is 0 Å². The van der Waals surface area contributed by atoms with Gasteiger partial charge in [-0.15, -0.1) is 11.3 Å². The highest BCUT2D eigenvalue weighted by atomic mass is 32.1. The minimum atomic E-state index is 0.197. The normalized spacial score (nSPS) is 17.7. The molecule has 2 aromatic heterocycles. The third-order valence-corrected chi connectivity index (χ3v) is 11.4. The Morgan fingerprint density at radius 2 is 1.45 bits per heavy atom. The van der Waals surface area contributed by atoms with Crippen LogP contribution in [0.15, 0.2) is 187 Å². The van der Waals surface area contributed by atoms with E-state index >= 15 is 0 Å². The molecule has 2 unspecified atom stereocenters. The van der Waals surface area contributed by atoms with Crippen molar-refractivity contribution in [3.05, 3.63) is 193 Å². The summed E-state index contributed by atoms with van der Waals surface area (Å²) in [5.41, 5.74) is 12.9. The summed E-state index contributed by atoms with van der Waals surface area (Å²) in [6.07, 6.45) is 19.2. The zero-order valence-electron chi connectivity index (χ0n) is 27.9. The van der Waals surface area contributed by atoms with E-state index in [4.69, 9.17) is 9.97 Å². The van der Waals surface area contributed by atoms with Gasteiger partial charge in [0.25, 0.3) is 0 Å². The predicted octanol–water partition coefficient (Wildman–Crippen LogP) is 12.4. The van der Waals surface area contributed by atoms with Crippen LogP contribution in [0.3, 0.4) is 0 Å². The Balaban J connectivity index is 1.11. The zero-order valence-corrected chi connectivity index (χ0v) is 28.7. The second-order valence-electron chi connectivity index (χ2n) is 13.2. The predicted molar refractivity (Wildman–Crippen MR) is 215 cm³/mol. The van der Waals surface area contributed by atoms with E-state index in [1.165, 1.54) is 49.3 Å². The number of nitrogens with zero attached hydrogens (tertiary/aromatic N) is 3. The number of para-hydroxylation sites is 1. The summed E-state index contributed by atoms with van der Waals surface area (Å²) in [7, 11) is 0. The maximum atomic E-state index is 5.30. The Morgan fingerprint density at radius 3 is 2.33 bits per heavy atom. The van der Waals surface area contributed by atoms with E-state index in [0.29, 0.717) is 0 Å². The molecule has 5 aromatic carbocycles. The van der Waals surface area contributed by atoms with Crippen LogP contribution in [0.2, 0.25) is 0 Å². The summed E-state index contributed by atoms with van der Waals surface area (Å²) in [6.45, 7) is 0. The van der Waals surface area contributed by atoms with Gasteiger partial charge in [-0.25, -0.2) is 9.97 Å². The maximum absolute atomic E-state index is 5.30. The molecule has 0 radical (unpaired) electrons. The Bertz CT molecular complexity index is 2620. The van der Waals surface area contributed by atoms with Crippen LogP contribution in [0.5, 0.6) is 0 Å². The third-order valence-electron chi connectivity index (χ3n) is 10.2. The fourth-order valence-corrected chi connectivity index (χ4v) is 9.08. The molecule has 0 saturated heterocycles. The summed E-state index contributed by atoms with van der Waals surface area (Å²) >= 11 is 1.78. The first-order chi connectivity index (χ1) is 25.3. The van der Waals surface area contributed by atoms with Gasteiger partial charge < -0.3 is 4.90 Å². The molecular weight excluding hydrogens is 639 g/mol. The van der Waals surface area contributed by atoms with E-state index in [9.17, 15) is 0 Å². The summed E-state index contributed by atoms with van der Waals surface area (Å²) in [6, 6.07) is 45.7. The van der Waals surface area contributed by atoms with Gasteiger partial charge in [0.15, 0.2) is 5.82 Å². The zero-order chi connectivity index (χ0) is 33.7. The Morgan fingerprint density at radius 1 is 0.667 bits per heavy atom. The number of rotatable bonds is 5. The topological polar surface area (TPSA) is 29.0 Å². The average molecular weight is 672 g/mol. The number of allylic oxidation sites excluding steroid dienone is 8. The van der Waals surface area contributed by atoms with Gasteiger partial charge in [-0.05, 0) is 58.5 Å². The van der Waals surface area contributed by atoms with Gasteiger partial charge in [0.2, 0.25) is 0 Å². The highest BCUT2D eigenvalue weighted by molar-refractivity contribution is 7.26. The van der Waals surface area contributed by atoms with Crippen LogP contribution in [-0.2, 0) is 0 Å². The molecule has 2 atom stereocenters. The van der Waals surface area contributed by atoms with Crippen molar-refractivity contribution < 1.29 is 0 Å². The Labute approximate surface area is 301 Å². The lowest BCUT2D eigenvalue weighted by Crippen LogP contribution is -2.29. The van der Waals surface area contributed by atoms with Gasteiger partial charge in [-0.1, -0.05) is 152 Å². The lowest BCUT2D eigenvalue weighted by atomic mass is 9.86. The summed E-state index contributed by atoms with van der Waals surface area (Å²) in [5, 5.41) is 1.18. The maximum Gasteiger partial charge on any atom is 0.160 e. The van der Waals surface area contributed by atoms with Crippen LogP contribution in [0.4, 0.5) is 11.4 Å². The van der Waals surface area contributed by atoms with E-state index < -0.39 is 0 Å². The molecule has 0 saturated carbocycles. The van der Waals surface area contributed by atoms with Crippen molar-refractivity contribution in [3.63, 3.8) is 0 Å². The SMILES string of the molecule is C1=CCC=C(C2=CC3c4ccccc4N(c4cccc(-c5cccc6sc7c(-c8ccccc8)nc(-c8ccccc8)nc7c56)c4)C3C=C2)C=C1. The monoisotopic (exact) mass is 671 g/mol. The first-order valence-corrected chi connectivity index (χ1v) is 18.4. The van der Waals surface area contributed by atoms with Crippen molar-refractivity contribution >= 4 is 43.0 Å². The fraction of sp³-hybridized carbons (Fsp3) is 0.0638. The third kappa shape index (κ3) is 5.10. The number of hydrogen-bond acceptors (Lipinski definition) is 4. The number of aromatic nitrogens is 2. The average Bonchev–Trinajstić information content (AvgIpc) is 3.60. The second kappa shape index (κ2) is 12.3. The number of benzene rings is 5. The largest absolute Gasteiger partial charge is 0.333 e. The molecule has 3 aliphatic rings. The van der Waals surface area contributed by atoms with Crippen molar-refractivity contribution in [2.24, 2.45) is 0 Å². The smallest absolute Gasteiger partial charge is 0.160 e.